The van der Waals surface area contributed by atoms with E-state index in [0.29, 0.717) is 38.2 Å². The third-order valence-corrected chi connectivity index (χ3v) is 4.97. The molecule has 27 heavy (non-hydrogen) atoms. The Morgan fingerprint density at radius 3 is 2.22 bits per heavy atom. The van der Waals surface area contributed by atoms with Crippen LogP contribution in [-0.4, -0.2) is 62.7 Å². The van der Waals surface area contributed by atoms with Crippen LogP contribution in [-0.2, 0) is 4.79 Å². The first-order valence-electron chi connectivity index (χ1n) is 9.24. The summed E-state index contributed by atoms with van der Waals surface area (Å²) in [6.45, 7) is 8.04. The number of phenolic OH excluding ortho intramolecular Hbond substituents is 1. The highest BCUT2D eigenvalue weighted by atomic mass is 16.3. The van der Waals surface area contributed by atoms with Crippen molar-refractivity contribution in [3.63, 3.8) is 0 Å². The van der Waals surface area contributed by atoms with Gasteiger partial charge in [0.15, 0.2) is 0 Å². The van der Waals surface area contributed by atoms with E-state index in [1.165, 1.54) is 12.1 Å². The molecule has 1 fully saturated rings. The van der Waals surface area contributed by atoms with Crippen LogP contribution in [0.4, 0.5) is 0 Å². The zero-order chi connectivity index (χ0) is 19.6. The van der Waals surface area contributed by atoms with Crippen LogP contribution in [0, 0.1) is 13.8 Å². The van der Waals surface area contributed by atoms with E-state index in [2.05, 4.69) is 5.10 Å². The topological polar surface area (TPSA) is 78.7 Å². The van der Waals surface area contributed by atoms with Crippen LogP contribution < -0.4 is 0 Å². The Kier molecular flexibility index (Phi) is 5.48. The van der Waals surface area contributed by atoms with Gasteiger partial charge in [0.2, 0.25) is 5.91 Å². The molecule has 1 aromatic carbocycles. The summed E-state index contributed by atoms with van der Waals surface area (Å²) in [4.78, 5) is 28.7. The second-order valence-corrected chi connectivity index (χ2v) is 7.14. The highest BCUT2D eigenvalue weighted by Gasteiger charge is 2.26. The number of piperazine rings is 1. The summed E-state index contributed by atoms with van der Waals surface area (Å²) in [7, 11) is 0. The summed E-state index contributed by atoms with van der Waals surface area (Å²) in [5.41, 5.74) is 2.55. The predicted molar refractivity (Wildman–Crippen MR) is 102 cm³/mol. The SMILES string of the molecule is Cc1cc(C)n(C(C)CC(=O)N2CCN(C(=O)c3ccc(O)cc3)CC2)n1. The van der Waals surface area contributed by atoms with Crippen molar-refractivity contribution >= 4 is 11.8 Å². The Hall–Kier alpha value is -2.83. The zero-order valence-corrected chi connectivity index (χ0v) is 16.1. The lowest BCUT2D eigenvalue weighted by atomic mass is 10.1. The molecule has 1 aromatic heterocycles. The number of aromatic nitrogens is 2. The summed E-state index contributed by atoms with van der Waals surface area (Å²) in [5.74, 6) is 0.156. The molecule has 2 amide bonds. The lowest BCUT2D eigenvalue weighted by Crippen LogP contribution is -2.50. The molecule has 3 rings (SSSR count). The molecule has 0 saturated carbocycles. The number of aryl methyl sites for hydroxylation is 2. The van der Waals surface area contributed by atoms with Gasteiger partial charge in [0.05, 0.1) is 11.7 Å². The largest absolute Gasteiger partial charge is 0.508 e. The first kappa shape index (κ1) is 18.9. The Labute approximate surface area is 159 Å². The third-order valence-electron chi connectivity index (χ3n) is 4.97. The second-order valence-electron chi connectivity index (χ2n) is 7.14. The number of nitrogens with zero attached hydrogens (tertiary/aromatic N) is 4. The molecular formula is C20H26N4O3. The molecule has 7 heteroatoms. The highest BCUT2D eigenvalue weighted by Crippen LogP contribution is 2.17. The molecule has 0 radical (unpaired) electrons. The Balaban J connectivity index is 1.54. The van der Waals surface area contributed by atoms with Crippen LogP contribution in [0.25, 0.3) is 0 Å². The van der Waals surface area contributed by atoms with Crippen molar-refractivity contribution in [1.82, 2.24) is 19.6 Å². The smallest absolute Gasteiger partial charge is 0.253 e. The maximum absolute atomic E-state index is 12.6. The van der Waals surface area contributed by atoms with Crippen LogP contribution in [0.2, 0.25) is 0 Å². The van der Waals surface area contributed by atoms with Crippen molar-refractivity contribution in [3.05, 3.63) is 47.3 Å². The van der Waals surface area contributed by atoms with Crippen LogP contribution in [0.15, 0.2) is 30.3 Å². The van der Waals surface area contributed by atoms with Gasteiger partial charge < -0.3 is 14.9 Å². The number of phenols is 1. The number of amides is 2. The minimum Gasteiger partial charge on any atom is -0.508 e. The molecule has 1 saturated heterocycles. The summed E-state index contributed by atoms with van der Waals surface area (Å²) in [6, 6.07) is 8.26. The molecule has 1 aliphatic heterocycles. The van der Waals surface area contributed by atoms with Gasteiger partial charge in [-0.25, -0.2) is 0 Å². The summed E-state index contributed by atoms with van der Waals surface area (Å²) < 4.78 is 1.90. The molecule has 2 heterocycles. The number of carbonyl (C=O) groups excluding carboxylic acids is 2. The van der Waals surface area contributed by atoms with Gasteiger partial charge in [0.1, 0.15) is 5.75 Å². The van der Waals surface area contributed by atoms with Gasteiger partial charge in [-0.3, -0.25) is 14.3 Å². The maximum atomic E-state index is 12.6. The van der Waals surface area contributed by atoms with Crippen molar-refractivity contribution < 1.29 is 14.7 Å². The van der Waals surface area contributed by atoms with Gasteiger partial charge in [0, 0.05) is 43.9 Å². The molecule has 2 aromatic rings. The molecule has 1 unspecified atom stereocenters. The van der Waals surface area contributed by atoms with E-state index < -0.39 is 0 Å². The molecule has 7 nitrogen and oxygen atoms in total. The van der Waals surface area contributed by atoms with Gasteiger partial charge in [-0.1, -0.05) is 0 Å². The van der Waals surface area contributed by atoms with Crippen molar-refractivity contribution in [1.29, 1.82) is 0 Å². The van der Waals surface area contributed by atoms with Crippen molar-refractivity contribution in [2.45, 2.75) is 33.2 Å². The minimum absolute atomic E-state index is 0.00265. The number of aromatic hydroxyl groups is 1. The average molecular weight is 370 g/mol. The number of carbonyl (C=O) groups is 2. The molecule has 0 spiro atoms. The lowest BCUT2D eigenvalue weighted by molar-refractivity contribution is -0.133. The third kappa shape index (κ3) is 4.30. The highest BCUT2D eigenvalue weighted by molar-refractivity contribution is 5.94. The summed E-state index contributed by atoms with van der Waals surface area (Å²) >= 11 is 0. The molecule has 0 aliphatic carbocycles. The summed E-state index contributed by atoms with van der Waals surface area (Å²) in [6.07, 6.45) is 0.397. The van der Waals surface area contributed by atoms with Gasteiger partial charge in [-0.15, -0.1) is 0 Å². The predicted octanol–water partition coefficient (Wildman–Crippen LogP) is 2.14. The number of benzene rings is 1. The van der Waals surface area contributed by atoms with Gasteiger partial charge in [-0.05, 0) is 51.1 Å². The van der Waals surface area contributed by atoms with Crippen molar-refractivity contribution in [2.75, 3.05) is 26.2 Å². The fourth-order valence-corrected chi connectivity index (χ4v) is 3.51. The number of rotatable bonds is 4. The monoisotopic (exact) mass is 370 g/mol. The molecule has 1 N–H and O–H groups in total. The first-order valence-corrected chi connectivity index (χ1v) is 9.24. The van der Waals surface area contributed by atoms with E-state index in [9.17, 15) is 14.7 Å². The minimum atomic E-state index is -0.0712. The molecule has 0 bridgehead atoms. The normalized spacial score (nSPS) is 15.7. The van der Waals surface area contributed by atoms with E-state index in [4.69, 9.17) is 0 Å². The van der Waals surface area contributed by atoms with Crippen molar-refractivity contribution in [2.24, 2.45) is 0 Å². The van der Waals surface area contributed by atoms with Crippen LogP contribution in [0.3, 0.4) is 0 Å². The van der Waals surface area contributed by atoms with Gasteiger partial charge >= 0.3 is 0 Å². The Morgan fingerprint density at radius 2 is 1.67 bits per heavy atom. The number of hydrogen-bond acceptors (Lipinski definition) is 4. The molecule has 1 aliphatic rings. The second kappa shape index (κ2) is 7.82. The Bertz CT molecular complexity index is 820. The van der Waals surface area contributed by atoms with Gasteiger partial charge in [0.25, 0.3) is 5.91 Å². The Morgan fingerprint density at radius 1 is 1.07 bits per heavy atom. The van der Waals surface area contributed by atoms with Crippen LogP contribution in [0.5, 0.6) is 5.75 Å². The molecule has 1 atom stereocenters. The first-order chi connectivity index (χ1) is 12.8. The fourth-order valence-electron chi connectivity index (χ4n) is 3.51. The molecular weight excluding hydrogens is 344 g/mol. The van der Waals surface area contributed by atoms with E-state index in [1.54, 1.807) is 17.0 Å². The summed E-state index contributed by atoms with van der Waals surface area (Å²) in [5, 5.41) is 13.8. The van der Waals surface area contributed by atoms with E-state index >= 15 is 0 Å². The quantitative estimate of drug-likeness (QED) is 0.894. The zero-order valence-electron chi connectivity index (χ0n) is 16.1. The van der Waals surface area contributed by atoms with Crippen LogP contribution >= 0.6 is 0 Å². The lowest BCUT2D eigenvalue weighted by Gasteiger charge is -2.35. The van der Waals surface area contributed by atoms with E-state index in [-0.39, 0.29) is 23.6 Å². The maximum Gasteiger partial charge on any atom is 0.253 e. The van der Waals surface area contributed by atoms with Gasteiger partial charge in [-0.2, -0.15) is 5.10 Å². The van der Waals surface area contributed by atoms with E-state index in [1.807, 2.05) is 36.4 Å². The fraction of sp³-hybridized carbons (Fsp3) is 0.450. The van der Waals surface area contributed by atoms with E-state index in [0.717, 1.165) is 11.4 Å². The average Bonchev–Trinajstić information content (AvgIpc) is 3.00. The molecule has 144 valence electrons. The van der Waals surface area contributed by atoms with Crippen molar-refractivity contribution in [3.8, 4) is 5.75 Å². The number of hydrogen-bond donors (Lipinski definition) is 1. The van der Waals surface area contributed by atoms with Crippen LogP contribution in [0.1, 0.15) is 41.1 Å². The standard InChI is InChI=1S/C20H26N4O3/c1-14-12-15(2)24(21-14)16(3)13-19(26)22-8-10-23(11-9-22)20(27)17-4-6-18(25)7-5-17/h4-7,12,16,25H,8-11,13H2,1-3H3.